The maximum Gasteiger partial charge on any atom is 0.410 e. The first-order valence-electron chi connectivity index (χ1n) is 16.5. The molecule has 1 aliphatic carbocycles. The molecule has 0 bridgehead atoms. The maximum atomic E-state index is 13.1. The summed E-state index contributed by atoms with van der Waals surface area (Å²) in [6.45, 7) is 16.1. The van der Waals surface area contributed by atoms with E-state index in [4.69, 9.17) is 23.7 Å². The first kappa shape index (κ1) is 42.2. The molecule has 0 aromatic heterocycles. The molecule has 1 aliphatic heterocycles. The molecule has 9 atom stereocenters. The summed E-state index contributed by atoms with van der Waals surface area (Å²) in [6.07, 6.45) is -9.81. The first-order chi connectivity index (χ1) is 22.2. The van der Waals surface area contributed by atoms with Crippen LogP contribution in [0.5, 0.6) is 0 Å². The summed E-state index contributed by atoms with van der Waals surface area (Å²) in [4.78, 5) is 51.5. The van der Waals surface area contributed by atoms with E-state index in [0.717, 1.165) is 4.90 Å². The number of nitrogens with one attached hydrogen (secondary N) is 3. The summed E-state index contributed by atoms with van der Waals surface area (Å²) in [6, 6.07) is -3.02. The van der Waals surface area contributed by atoms with E-state index in [1.54, 1.807) is 62.3 Å². The van der Waals surface area contributed by atoms with Crippen molar-refractivity contribution in [3.63, 3.8) is 0 Å². The molecule has 0 spiro atoms. The summed E-state index contributed by atoms with van der Waals surface area (Å²) in [5.41, 5.74) is -4.13. The highest BCUT2D eigenvalue weighted by molar-refractivity contribution is 5.81. The monoisotopic (exact) mass is 706 g/mol. The van der Waals surface area contributed by atoms with Crippen LogP contribution in [0.3, 0.4) is 0 Å². The molecule has 0 aromatic rings. The molecule has 284 valence electrons. The zero-order chi connectivity index (χ0) is 37.7. The Morgan fingerprint density at radius 2 is 1.45 bits per heavy atom. The van der Waals surface area contributed by atoms with Gasteiger partial charge in [-0.2, -0.15) is 0 Å². The van der Waals surface area contributed by atoms with E-state index in [2.05, 4.69) is 16.0 Å². The molecule has 0 unspecified atom stereocenters. The van der Waals surface area contributed by atoms with Gasteiger partial charge in [-0.05, 0) is 88.5 Å². The minimum absolute atomic E-state index is 0.0113. The number of hydrogen-bond donors (Lipinski definition) is 7. The molecule has 4 amide bonds. The molecule has 49 heavy (non-hydrogen) atoms. The van der Waals surface area contributed by atoms with Crippen LogP contribution in [0.4, 0.5) is 14.4 Å². The largest absolute Gasteiger partial charge is 0.444 e. The summed E-state index contributed by atoms with van der Waals surface area (Å²) in [5.74, 6) is -0.856. The number of ether oxygens (including phenoxy) is 5. The molecular formula is C32H58N4O13. The van der Waals surface area contributed by atoms with Crippen molar-refractivity contribution in [1.29, 1.82) is 0 Å². The van der Waals surface area contributed by atoms with Gasteiger partial charge in [-0.15, -0.1) is 0 Å². The van der Waals surface area contributed by atoms with Gasteiger partial charge < -0.3 is 65.0 Å². The van der Waals surface area contributed by atoms with Crippen molar-refractivity contribution in [2.24, 2.45) is 0 Å². The van der Waals surface area contributed by atoms with Crippen molar-refractivity contribution < 1.29 is 63.3 Å². The lowest BCUT2D eigenvalue weighted by molar-refractivity contribution is -0.301. The second kappa shape index (κ2) is 16.4. The smallest absolute Gasteiger partial charge is 0.410 e. The van der Waals surface area contributed by atoms with Gasteiger partial charge in [0, 0.05) is 19.6 Å². The Kier molecular flexibility index (Phi) is 14.1. The Balaban J connectivity index is 2.24. The number of carbonyl (C=O) groups excluding carboxylic acids is 4. The number of aliphatic hydroxyl groups excluding tert-OH is 3. The van der Waals surface area contributed by atoms with Gasteiger partial charge in [-0.3, -0.25) is 4.79 Å². The van der Waals surface area contributed by atoms with E-state index in [1.807, 2.05) is 0 Å². The van der Waals surface area contributed by atoms with Crippen LogP contribution in [0, 0.1) is 0 Å². The lowest BCUT2D eigenvalue weighted by Gasteiger charge is -2.49. The van der Waals surface area contributed by atoms with Crippen molar-refractivity contribution in [2.75, 3.05) is 20.2 Å². The Morgan fingerprint density at radius 1 is 0.898 bits per heavy atom. The minimum Gasteiger partial charge on any atom is -0.444 e. The van der Waals surface area contributed by atoms with E-state index >= 15 is 0 Å². The van der Waals surface area contributed by atoms with E-state index in [1.165, 1.54) is 14.0 Å². The fourth-order valence-electron chi connectivity index (χ4n) is 5.50. The molecule has 2 aliphatic rings. The van der Waals surface area contributed by atoms with Gasteiger partial charge in [0.1, 0.15) is 40.7 Å². The number of alkyl carbamates (subject to hydrolysis) is 2. The highest BCUT2D eigenvalue weighted by Crippen LogP contribution is 2.32. The van der Waals surface area contributed by atoms with Crippen LogP contribution < -0.4 is 16.0 Å². The number of nitrogens with zero attached hydrogens (tertiary/aromatic N) is 1. The van der Waals surface area contributed by atoms with Crippen molar-refractivity contribution in [3.05, 3.63) is 0 Å². The van der Waals surface area contributed by atoms with Crippen molar-refractivity contribution in [1.82, 2.24) is 20.9 Å². The predicted molar refractivity (Wildman–Crippen MR) is 174 cm³/mol. The molecular weight excluding hydrogens is 648 g/mol. The Hall–Kier alpha value is -2.96. The van der Waals surface area contributed by atoms with E-state index in [9.17, 15) is 39.6 Å². The maximum absolute atomic E-state index is 13.1. The number of likely N-dealkylation sites (N-methyl/N-ethyl adjacent to an activating group) is 1. The van der Waals surface area contributed by atoms with Gasteiger partial charge in [0.2, 0.25) is 5.91 Å². The fraction of sp³-hybridized carbons (Fsp3) is 0.875. The third kappa shape index (κ3) is 13.7. The third-order valence-corrected chi connectivity index (χ3v) is 7.45. The van der Waals surface area contributed by atoms with Gasteiger partial charge in [0.05, 0.1) is 24.8 Å². The molecule has 17 heteroatoms. The van der Waals surface area contributed by atoms with Gasteiger partial charge in [-0.25, -0.2) is 14.4 Å². The predicted octanol–water partition coefficient (Wildman–Crippen LogP) is 0.884. The topological polar surface area (TPSA) is 235 Å². The quantitative estimate of drug-likeness (QED) is 0.165. The van der Waals surface area contributed by atoms with Crippen molar-refractivity contribution in [2.45, 2.75) is 160 Å². The Morgan fingerprint density at radius 3 is 2.00 bits per heavy atom. The van der Waals surface area contributed by atoms with Gasteiger partial charge >= 0.3 is 18.3 Å². The Bertz CT molecular complexity index is 1150. The van der Waals surface area contributed by atoms with Gasteiger partial charge in [-0.1, -0.05) is 0 Å². The van der Waals surface area contributed by atoms with Crippen molar-refractivity contribution in [3.8, 4) is 0 Å². The van der Waals surface area contributed by atoms with Crippen LogP contribution in [-0.4, -0.2) is 141 Å². The standard InChI is InChI=1S/C32H58N4O13/c1-29(2,3)47-26(41)33-13-12-19(37)24(40)35-18-14-17(34-27(42)48-30(4,5)6)15-20(38)22(18)46-25-21(39)23(32(10,44)16-45-25)36(11)28(43)49-31(7,8)9/h17-23,25,37-39,44H,12-16H2,1-11H3,(H,33,41)(H,34,42)(H,35,40)/t17-,18+,19-,20-,21+,22-,23+,25+,32-/m0/s1. The number of rotatable bonds is 9. The zero-order valence-corrected chi connectivity index (χ0v) is 30.6. The van der Waals surface area contributed by atoms with E-state index in [-0.39, 0.29) is 32.4 Å². The second-order valence-electron chi connectivity index (χ2n) is 15.9. The molecule has 0 radical (unpaired) electrons. The first-order valence-corrected chi connectivity index (χ1v) is 16.5. The molecule has 1 saturated carbocycles. The average molecular weight is 707 g/mol. The summed E-state index contributed by atoms with van der Waals surface area (Å²) in [5, 5.41) is 52.1. The summed E-state index contributed by atoms with van der Waals surface area (Å²) < 4.78 is 27.6. The zero-order valence-electron chi connectivity index (χ0n) is 30.6. The second-order valence-corrected chi connectivity index (χ2v) is 15.9. The fourth-order valence-corrected chi connectivity index (χ4v) is 5.50. The average Bonchev–Trinajstić information content (AvgIpc) is 2.88. The summed E-state index contributed by atoms with van der Waals surface area (Å²) in [7, 11) is 1.35. The van der Waals surface area contributed by atoms with Crippen LogP contribution >= 0.6 is 0 Å². The molecule has 7 N–H and O–H groups in total. The third-order valence-electron chi connectivity index (χ3n) is 7.45. The van der Waals surface area contributed by atoms with Gasteiger partial charge in [0.25, 0.3) is 0 Å². The molecule has 17 nitrogen and oxygen atoms in total. The van der Waals surface area contributed by atoms with Crippen LogP contribution in [0.1, 0.15) is 88.5 Å². The van der Waals surface area contributed by atoms with E-state index in [0.29, 0.717) is 0 Å². The van der Waals surface area contributed by atoms with E-state index < -0.39 is 95.4 Å². The number of hydrogen-bond acceptors (Lipinski definition) is 13. The number of carbonyl (C=O) groups is 4. The highest BCUT2D eigenvalue weighted by Gasteiger charge is 2.52. The number of aliphatic hydroxyl groups is 4. The van der Waals surface area contributed by atoms with Crippen LogP contribution in [-0.2, 0) is 28.5 Å². The minimum atomic E-state index is -1.73. The lowest BCUT2D eigenvalue weighted by Crippen LogP contribution is -2.68. The van der Waals surface area contributed by atoms with Crippen LogP contribution in [0.25, 0.3) is 0 Å². The number of amides is 4. The molecule has 0 aromatic carbocycles. The molecule has 1 heterocycles. The van der Waals surface area contributed by atoms with Gasteiger partial charge in [0.15, 0.2) is 6.29 Å². The molecule has 2 rings (SSSR count). The van der Waals surface area contributed by atoms with Crippen molar-refractivity contribution >= 4 is 24.2 Å². The highest BCUT2D eigenvalue weighted by atomic mass is 16.7. The van der Waals surface area contributed by atoms with Crippen LogP contribution in [0.15, 0.2) is 0 Å². The molecule has 1 saturated heterocycles. The normalized spacial score (nSPS) is 30.0. The molecule has 2 fully saturated rings. The summed E-state index contributed by atoms with van der Waals surface area (Å²) >= 11 is 0. The Labute approximate surface area is 288 Å². The lowest BCUT2D eigenvalue weighted by atomic mass is 9.85. The SMILES string of the molecule is CN(C(=O)OC(C)(C)C)[C@@H]1[C@@H](O)[C@@H](O[C@@H]2[C@@H](O)C[C@@H](NC(=O)OC(C)(C)C)C[C@H]2NC(=O)[C@@H](O)CCNC(=O)OC(C)(C)C)OC[C@]1(C)O. The van der Waals surface area contributed by atoms with Crippen LogP contribution in [0.2, 0.25) is 0 Å².